The van der Waals surface area contributed by atoms with Crippen LogP contribution in [0, 0.1) is 0 Å². The fourth-order valence-corrected chi connectivity index (χ4v) is 2.79. The van der Waals surface area contributed by atoms with Gasteiger partial charge in [-0.3, -0.25) is 4.21 Å². The van der Waals surface area contributed by atoms with Crippen LogP contribution in [0.25, 0.3) is 0 Å². The minimum absolute atomic E-state index is 0.293. The summed E-state index contributed by atoms with van der Waals surface area (Å²) in [5.74, 6) is 0. The van der Waals surface area contributed by atoms with Crippen molar-refractivity contribution in [3.05, 3.63) is 22.4 Å². The third kappa shape index (κ3) is 5.23. The molecule has 0 aliphatic rings. The quantitative estimate of drug-likeness (QED) is 0.815. The van der Waals surface area contributed by atoms with Crippen molar-refractivity contribution in [2.24, 2.45) is 0 Å². The Kier molecular flexibility index (Phi) is 6.24. The maximum Gasteiger partial charge on any atom is 0.0329 e. The molecule has 0 amide bonds. The zero-order valence-electron chi connectivity index (χ0n) is 10.2. The number of rotatable bonds is 7. The Hall–Kier alpha value is -0.190. The fourth-order valence-electron chi connectivity index (χ4n) is 1.50. The lowest BCUT2D eigenvalue weighted by atomic mass is 10.2. The second-order valence-corrected chi connectivity index (χ2v) is 7.07. The van der Waals surface area contributed by atoms with Gasteiger partial charge in [-0.25, -0.2) is 0 Å². The summed E-state index contributed by atoms with van der Waals surface area (Å²) < 4.78 is 11.2. The number of thiophene rings is 1. The molecule has 0 saturated carbocycles. The Morgan fingerprint density at radius 2 is 2.25 bits per heavy atom. The molecular weight excluding hydrogens is 238 g/mol. The maximum atomic E-state index is 11.2. The van der Waals surface area contributed by atoms with Gasteiger partial charge >= 0.3 is 0 Å². The first-order chi connectivity index (χ1) is 7.59. The molecule has 0 aliphatic carbocycles. The van der Waals surface area contributed by atoms with Crippen LogP contribution in [0.2, 0.25) is 0 Å². The summed E-state index contributed by atoms with van der Waals surface area (Å²) in [5, 5.41) is 5.89. The van der Waals surface area contributed by atoms with Gasteiger partial charge in [0.15, 0.2) is 0 Å². The Morgan fingerprint density at radius 1 is 1.50 bits per heavy atom. The topological polar surface area (TPSA) is 29.1 Å². The van der Waals surface area contributed by atoms with Crippen LogP contribution in [0.5, 0.6) is 0 Å². The highest BCUT2D eigenvalue weighted by Gasteiger charge is 2.07. The fraction of sp³-hybridized carbons (Fsp3) is 0.667. The van der Waals surface area contributed by atoms with Crippen molar-refractivity contribution in [3.8, 4) is 0 Å². The van der Waals surface area contributed by atoms with Gasteiger partial charge in [-0.05, 0) is 37.8 Å². The minimum Gasteiger partial charge on any atom is -0.314 e. The average molecular weight is 259 g/mol. The van der Waals surface area contributed by atoms with Crippen molar-refractivity contribution in [3.63, 3.8) is 0 Å². The van der Waals surface area contributed by atoms with E-state index in [1.807, 2.05) is 18.3 Å². The van der Waals surface area contributed by atoms with Crippen LogP contribution in [-0.2, 0) is 17.2 Å². The minimum atomic E-state index is -0.694. The molecule has 0 fully saturated rings. The normalized spacial score (nSPS) is 16.9. The molecule has 3 atom stereocenters. The summed E-state index contributed by atoms with van der Waals surface area (Å²) in [4.78, 5) is 1.42. The van der Waals surface area contributed by atoms with Gasteiger partial charge in [0, 0.05) is 33.2 Å². The lowest BCUT2D eigenvalue weighted by Crippen LogP contribution is -2.30. The van der Waals surface area contributed by atoms with Crippen LogP contribution in [0.1, 0.15) is 25.1 Å². The lowest BCUT2D eigenvalue weighted by Gasteiger charge is -2.14. The highest BCUT2D eigenvalue weighted by atomic mass is 32.2. The van der Waals surface area contributed by atoms with Gasteiger partial charge < -0.3 is 5.32 Å². The molecule has 3 unspecified atom stereocenters. The van der Waals surface area contributed by atoms with E-state index in [4.69, 9.17) is 0 Å². The van der Waals surface area contributed by atoms with Gasteiger partial charge in [-0.1, -0.05) is 13.0 Å². The van der Waals surface area contributed by atoms with Crippen LogP contribution in [0.3, 0.4) is 0 Å². The van der Waals surface area contributed by atoms with Crippen molar-refractivity contribution in [2.45, 2.75) is 38.0 Å². The predicted molar refractivity (Wildman–Crippen MR) is 73.6 cm³/mol. The van der Waals surface area contributed by atoms with Gasteiger partial charge in [0.2, 0.25) is 0 Å². The van der Waals surface area contributed by atoms with Crippen LogP contribution in [0.15, 0.2) is 17.5 Å². The van der Waals surface area contributed by atoms with Gasteiger partial charge in [0.05, 0.1) is 0 Å². The third-order valence-electron chi connectivity index (χ3n) is 2.70. The number of nitrogens with one attached hydrogen (secondary N) is 1. The largest absolute Gasteiger partial charge is 0.314 e. The predicted octanol–water partition coefficient (Wildman–Crippen LogP) is 2.43. The molecule has 0 spiro atoms. The first-order valence-corrected chi connectivity index (χ1v) is 8.17. The van der Waals surface area contributed by atoms with Crippen molar-refractivity contribution < 1.29 is 4.21 Å². The van der Waals surface area contributed by atoms with E-state index in [-0.39, 0.29) is 0 Å². The highest BCUT2D eigenvalue weighted by Crippen LogP contribution is 2.10. The molecule has 1 aromatic rings. The van der Waals surface area contributed by atoms with Crippen LogP contribution < -0.4 is 5.32 Å². The van der Waals surface area contributed by atoms with Crippen LogP contribution in [-0.4, -0.2) is 28.3 Å². The number of hydrogen-bond acceptors (Lipinski definition) is 3. The molecule has 0 saturated heterocycles. The molecule has 0 aromatic carbocycles. The molecular formula is C12H21NOS2. The molecule has 16 heavy (non-hydrogen) atoms. The Balaban J connectivity index is 2.15. The van der Waals surface area contributed by atoms with E-state index in [9.17, 15) is 4.21 Å². The van der Waals surface area contributed by atoms with E-state index < -0.39 is 10.8 Å². The Bertz CT molecular complexity index is 311. The van der Waals surface area contributed by atoms with Crippen molar-refractivity contribution in [1.29, 1.82) is 0 Å². The average Bonchev–Trinajstić information content (AvgIpc) is 2.70. The summed E-state index contributed by atoms with van der Waals surface area (Å²) in [5.41, 5.74) is 0. The van der Waals surface area contributed by atoms with Crippen molar-refractivity contribution in [1.82, 2.24) is 5.32 Å². The Morgan fingerprint density at radius 3 is 2.81 bits per heavy atom. The standard InChI is InChI=1S/C12H21NOS2/c1-10(9-12-5-4-8-15-12)13-7-6-11(2)16(3)14/h4-5,8,10-11,13H,6-7,9H2,1-3H3. The second-order valence-electron chi connectivity index (χ2n) is 4.24. The summed E-state index contributed by atoms with van der Waals surface area (Å²) in [6.07, 6.45) is 3.85. The van der Waals surface area contributed by atoms with Gasteiger partial charge in [0.25, 0.3) is 0 Å². The van der Waals surface area contributed by atoms with E-state index >= 15 is 0 Å². The molecule has 0 aliphatic heterocycles. The molecule has 0 bridgehead atoms. The van der Waals surface area contributed by atoms with E-state index in [0.717, 1.165) is 19.4 Å². The summed E-state index contributed by atoms with van der Waals surface area (Å²) >= 11 is 1.81. The smallest absolute Gasteiger partial charge is 0.0329 e. The first kappa shape index (κ1) is 13.9. The van der Waals surface area contributed by atoms with Gasteiger partial charge in [0.1, 0.15) is 0 Å². The van der Waals surface area contributed by atoms with E-state index in [2.05, 4.69) is 29.8 Å². The lowest BCUT2D eigenvalue weighted by molar-refractivity contribution is 0.533. The molecule has 1 aromatic heterocycles. The third-order valence-corrected chi connectivity index (χ3v) is 4.97. The van der Waals surface area contributed by atoms with Crippen LogP contribution in [0.4, 0.5) is 0 Å². The van der Waals surface area contributed by atoms with Gasteiger partial charge in [-0.2, -0.15) is 0 Å². The molecule has 1 heterocycles. The molecule has 1 N–H and O–H groups in total. The highest BCUT2D eigenvalue weighted by molar-refractivity contribution is 7.84. The SMILES string of the molecule is CC(Cc1cccs1)NCCC(C)S(C)=O. The summed E-state index contributed by atoms with van der Waals surface area (Å²) in [6.45, 7) is 5.20. The van der Waals surface area contributed by atoms with E-state index in [1.54, 1.807) is 6.26 Å². The molecule has 0 radical (unpaired) electrons. The van der Waals surface area contributed by atoms with E-state index in [1.165, 1.54) is 4.88 Å². The van der Waals surface area contributed by atoms with Crippen LogP contribution >= 0.6 is 11.3 Å². The molecule has 4 heteroatoms. The molecule has 2 nitrogen and oxygen atoms in total. The summed E-state index contributed by atoms with van der Waals surface area (Å²) in [6, 6.07) is 4.76. The van der Waals surface area contributed by atoms with Gasteiger partial charge in [-0.15, -0.1) is 11.3 Å². The second kappa shape index (κ2) is 7.20. The van der Waals surface area contributed by atoms with Crippen molar-refractivity contribution >= 4 is 22.1 Å². The summed E-state index contributed by atoms with van der Waals surface area (Å²) in [7, 11) is -0.694. The zero-order chi connectivity index (χ0) is 12.0. The Labute approximate surface area is 105 Å². The maximum absolute atomic E-state index is 11.2. The molecule has 1 rings (SSSR count). The monoisotopic (exact) mass is 259 g/mol. The number of hydrogen-bond donors (Lipinski definition) is 1. The van der Waals surface area contributed by atoms with E-state index in [0.29, 0.717) is 11.3 Å². The molecule has 92 valence electrons. The van der Waals surface area contributed by atoms with Crippen molar-refractivity contribution in [2.75, 3.05) is 12.8 Å². The first-order valence-electron chi connectivity index (χ1n) is 5.67. The zero-order valence-corrected chi connectivity index (χ0v) is 11.9.